The van der Waals surface area contributed by atoms with Gasteiger partial charge in [-0.2, -0.15) is 0 Å². The van der Waals surface area contributed by atoms with Crippen LogP contribution in [0.3, 0.4) is 0 Å². The zero-order chi connectivity index (χ0) is 17.3. The van der Waals surface area contributed by atoms with Crippen molar-refractivity contribution < 1.29 is 9.32 Å². The van der Waals surface area contributed by atoms with Gasteiger partial charge in [-0.15, -0.1) is 11.8 Å². The van der Waals surface area contributed by atoms with E-state index >= 15 is 0 Å². The Morgan fingerprint density at radius 2 is 1.92 bits per heavy atom. The van der Waals surface area contributed by atoms with Crippen LogP contribution in [0.15, 0.2) is 45.8 Å². The van der Waals surface area contributed by atoms with E-state index in [9.17, 15) is 4.79 Å². The molecule has 0 saturated heterocycles. The number of aryl methyl sites for hydroxylation is 2. The van der Waals surface area contributed by atoms with Crippen LogP contribution < -0.4 is 0 Å². The number of carbonyl (C=O) groups excluding carboxylic acids is 1. The van der Waals surface area contributed by atoms with Crippen molar-refractivity contribution >= 4 is 29.1 Å². The van der Waals surface area contributed by atoms with Crippen LogP contribution in [0.2, 0.25) is 5.02 Å². The number of ketones is 1. The molecule has 0 radical (unpaired) electrons. The van der Waals surface area contributed by atoms with Gasteiger partial charge in [0.15, 0.2) is 11.6 Å². The molecule has 1 aromatic carbocycles. The lowest BCUT2D eigenvalue weighted by molar-refractivity contribution is 0.102. The summed E-state index contributed by atoms with van der Waals surface area (Å²) in [5, 5.41) is 4.73. The largest absolute Gasteiger partial charge is 0.360 e. The average molecular weight is 361 g/mol. The zero-order valence-corrected chi connectivity index (χ0v) is 15.2. The van der Waals surface area contributed by atoms with E-state index in [0.29, 0.717) is 16.6 Å². The fourth-order valence-electron chi connectivity index (χ4n) is 2.61. The molecule has 0 aliphatic rings. The third-order valence-electron chi connectivity index (χ3n) is 3.76. The first kappa shape index (κ1) is 16.9. The molecule has 0 saturated carbocycles. The van der Waals surface area contributed by atoms with Crippen molar-refractivity contribution in [2.45, 2.75) is 25.7 Å². The molecule has 0 atom stereocenters. The van der Waals surface area contributed by atoms with Gasteiger partial charge in [0.1, 0.15) is 5.76 Å². The number of nitrogens with zero attached hydrogens (tertiary/aromatic N) is 2. The van der Waals surface area contributed by atoms with Gasteiger partial charge in [-0.05, 0) is 51.1 Å². The SMILES string of the molecule is Cc1cc(-n2c(C)cc(C(=O)CSc3ccc(Cl)cc3)c2C)no1. The van der Waals surface area contributed by atoms with E-state index in [1.807, 2.05) is 61.7 Å². The molecule has 3 aromatic rings. The maximum atomic E-state index is 12.6. The molecule has 4 nitrogen and oxygen atoms in total. The lowest BCUT2D eigenvalue weighted by atomic mass is 10.2. The fourth-order valence-corrected chi connectivity index (χ4v) is 3.52. The maximum absolute atomic E-state index is 12.6. The van der Waals surface area contributed by atoms with Gasteiger partial charge < -0.3 is 4.52 Å². The van der Waals surface area contributed by atoms with E-state index in [1.54, 1.807) is 0 Å². The number of rotatable bonds is 5. The quantitative estimate of drug-likeness (QED) is 0.473. The second-order valence-corrected chi connectivity index (χ2v) is 7.07. The first-order chi connectivity index (χ1) is 11.5. The van der Waals surface area contributed by atoms with Crippen LogP contribution in [-0.2, 0) is 0 Å². The third kappa shape index (κ3) is 3.42. The van der Waals surface area contributed by atoms with Crippen molar-refractivity contribution in [2.24, 2.45) is 0 Å². The molecule has 3 rings (SSSR count). The standard InChI is InChI=1S/C18H17ClN2O2S/c1-11-8-16(13(3)21(11)18-9-12(2)23-20-18)17(22)10-24-15-6-4-14(19)5-7-15/h4-9H,10H2,1-3H3. The highest BCUT2D eigenvalue weighted by Gasteiger charge is 2.18. The average Bonchev–Trinajstić information content (AvgIpc) is 3.09. The molecule has 0 aliphatic carbocycles. The molecule has 0 bridgehead atoms. The van der Waals surface area contributed by atoms with E-state index in [4.69, 9.17) is 16.1 Å². The van der Waals surface area contributed by atoms with Gasteiger partial charge in [0.25, 0.3) is 0 Å². The maximum Gasteiger partial charge on any atom is 0.180 e. The summed E-state index contributed by atoms with van der Waals surface area (Å²) in [6, 6.07) is 11.3. The van der Waals surface area contributed by atoms with Crippen molar-refractivity contribution in [1.29, 1.82) is 0 Å². The predicted octanol–water partition coefficient (Wildman–Crippen LogP) is 5.02. The summed E-state index contributed by atoms with van der Waals surface area (Å²) in [7, 11) is 0. The van der Waals surface area contributed by atoms with Gasteiger partial charge in [0.05, 0.1) is 5.75 Å². The van der Waals surface area contributed by atoms with Crippen molar-refractivity contribution in [2.75, 3.05) is 5.75 Å². The first-order valence-corrected chi connectivity index (χ1v) is 8.86. The third-order valence-corrected chi connectivity index (χ3v) is 5.02. The molecular weight excluding hydrogens is 344 g/mol. The van der Waals surface area contributed by atoms with Crippen molar-refractivity contribution in [3.8, 4) is 5.82 Å². The van der Waals surface area contributed by atoms with Gasteiger partial charge in [-0.1, -0.05) is 16.8 Å². The Labute approximate surface area is 149 Å². The summed E-state index contributed by atoms with van der Waals surface area (Å²) in [6.07, 6.45) is 0. The van der Waals surface area contributed by atoms with Crippen LogP contribution in [0.5, 0.6) is 0 Å². The molecular formula is C18H17ClN2O2S. The normalized spacial score (nSPS) is 11.0. The second-order valence-electron chi connectivity index (χ2n) is 5.58. The summed E-state index contributed by atoms with van der Waals surface area (Å²) in [6.45, 7) is 5.73. The number of hydrogen-bond donors (Lipinski definition) is 0. The Bertz CT molecular complexity index is 881. The first-order valence-electron chi connectivity index (χ1n) is 7.50. The summed E-state index contributed by atoms with van der Waals surface area (Å²) >= 11 is 7.38. The van der Waals surface area contributed by atoms with Gasteiger partial charge in [-0.25, -0.2) is 0 Å². The van der Waals surface area contributed by atoms with E-state index in [-0.39, 0.29) is 5.78 Å². The Kier molecular flexibility index (Phi) is 4.83. The molecule has 0 amide bonds. The van der Waals surface area contributed by atoms with Crippen LogP contribution in [0.25, 0.3) is 5.82 Å². The van der Waals surface area contributed by atoms with E-state index in [2.05, 4.69) is 5.16 Å². The number of aromatic nitrogens is 2. The minimum Gasteiger partial charge on any atom is -0.360 e. The predicted molar refractivity (Wildman–Crippen MR) is 96.5 cm³/mol. The Hall–Kier alpha value is -1.98. The Morgan fingerprint density at radius 3 is 2.54 bits per heavy atom. The van der Waals surface area contributed by atoms with E-state index in [0.717, 1.165) is 27.6 Å². The van der Waals surface area contributed by atoms with Gasteiger partial charge >= 0.3 is 0 Å². The minimum absolute atomic E-state index is 0.0921. The lowest BCUT2D eigenvalue weighted by Gasteiger charge is -2.05. The summed E-state index contributed by atoms with van der Waals surface area (Å²) < 4.78 is 7.08. The highest BCUT2D eigenvalue weighted by molar-refractivity contribution is 8.00. The summed E-state index contributed by atoms with van der Waals surface area (Å²) in [5.41, 5.74) is 2.55. The van der Waals surface area contributed by atoms with E-state index < -0.39 is 0 Å². The highest BCUT2D eigenvalue weighted by Crippen LogP contribution is 2.25. The van der Waals surface area contributed by atoms with Crippen LogP contribution in [-0.4, -0.2) is 21.3 Å². The van der Waals surface area contributed by atoms with Crippen LogP contribution in [0, 0.1) is 20.8 Å². The molecule has 0 aliphatic heterocycles. The topological polar surface area (TPSA) is 48.0 Å². The summed E-state index contributed by atoms with van der Waals surface area (Å²) in [4.78, 5) is 13.6. The van der Waals surface area contributed by atoms with Crippen molar-refractivity contribution in [1.82, 2.24) is 9.72 Å². The molecule has 0 fully saturated rings. The molecule has 0 unspecified atom stereocenters. The zero-order valence-electron chi connectivity index (χ0n) is 13.7. The Balaban J connectivity index is 1.79. The molecule has 0 N–H and O–H groups in total. The molecule has 2 aromatic heterocycles. The van der Waals surface area contributed by atoms with Crippen LogP contribution >= 0.6 is 23.4 Å². The second kappa shape index (κ2) is 6.87. The number of thioether (sulfide) groups is 1. The molecule has 0 spiro atoms. The fraction of sp³-hybridized carbons (Fsp3) is 0.222. The number of hydrogen-bond acceptors (Lipinski definition) is 4. The van der Waals surface area contributed by atoms with Crippen molar-refractivity contribution in [3.63, 3.8) is 0 Å². The van der Waals surface area contributed by atoms with Gasteiger partial charge in [0.2, 0.25) is 0 Å². The molecule has 6 heteroatoms. The Morgan fingerprint density at radius 1 is 1.21 bits per heavy atom. The van der Waals surface area contributed by atoms with Crippen LogP contribution in [0.4, 0.5) is 0 Å². The number of carbonyl (C=O) groups is 1. The summed E-state index contributed by atoms with van der Waals surface area (Å²) in [5.74, 6) is 1.91. The van der Waals surface area contributed by atoms with Gasteiger partial charge in [-0.3, -0.25) is 9.36 Å². The van der Waals surface area contributed by atoms with Crippen molar-refractivity contribution in [3.05, 3.63) is 64.1 Å². The number of Topliss-reactive ketones (excluding diaryl/α,β-unsaturated/α-hetero) is 1. The smallest absolute Gasteiger partial charge is 0.180 e. The lowest BCUT2D eigenvalue weighted by Crippen LogP contribution is -2.05. The molecule has 24 heavy (non-hydrogen) atoms. The van der Waals surface area contributed by atoms with Gasteiger partial charge in [0, 0.05) is 32.9 Å². The van der Waals surface area contributed by atoms with E-state index in [1.165, 1.54) is 11.8 Å². The monoisotopic (exact) mass is 360 g/mol. The number of benzene rings is 1. The molecule has 2 heterocycles. The molecule has 124 valence electrons. The number of halogens is 1. The minimum atomic E-state index is 0.0921. The highest BCUT2D eigenvalue weighted by atomic mass is 35.5. The van der Waals surface area contributed by atoms with Crippen LogP contribution in [0.1, 0.15) is 27.5 Å².